The van der Waals surface area contributed by atoms with Crippen molar-refractivity contribution in [3.05, 3.63) is 60.7 Å². The van der Waals surface area contributed by atoms with Gasteiger partial charge in [-0.25, -0.2) is 0 Å². The predicted octanol–water partition coefficient (Wildman–Crippen LogP) is 3.39. The van der Waals surface area contributed by atoms with Crippen molar-refractivity contribution in [3.8, 4) is 0 Å². The van der Waals surface area contributed by atoms with Crippen molar-refractivity contribution in [1.82, 2.24) is 0 Å². The highest BCUT2D eigenvalue weighted by Crippen LogP contribution is 2.29. The van der Waals surface area contributed by atoms with Crippen LogP contribution in [0.25, 0.3) is 0 Å². The molecular weight excluding hydrogens is 304 g/mol. The Labute approximate surface area is 129 Å². The highest BCUT2D eigenvalue weighted by molar-refractivity contribution is 7.98. The molecule has 2 aromatic carbocycles. The summed E-state index contributed by atoms with van der Waals surface area (Å²) in [7, 11) is -4.36. The Balaban J connectivity index is 2.45. The van der Waals surface area contributed by atoms with E-state index >= 15 is 0 Å². The van der Waals surface area contributed by atoms with Crippen LogP contribution in [0.4, 0.5) is 0 Å². The second kappa shape index (κ2) is 7.11. The smallest absolute Gasteiger partial charge is 0.269 e. The van der Waals surface area contributed by atoms with Crippen LogP contribution < -0.4 is 0 Å². The maximum absolute atomic E-state index is 11.3. The Morgan fingerprint density at radius 2 is 1.38 bits per heavy atom. The third-order valence-electron chi connectivity index (χ3n) is 3.18. The number of hydrogen-bond acceptors (Lipinski definition) is 2. The molecule has 0 heterocycles. The largest absolute Gasteiger partial charge is 0.285 e. The molecule has 2 rings (SSSR count). The summed E-state index contributed by atoms with van der Waals surface area (Å²) in [6, 6.07) is 19.8. The summed E-state index contributed by atoms with van der Waals surface area (Å²) in [5.74, 6) is -0.212. The lowest BCUT2D eigenvalue weighted by Gasteiger charge is -2.16. The van der Waals surface area contributed by atoms with Crippen LogP contribution in [0, 0.1) is 0 Å². The molecule has 0 aromatic heterocycles. The average Bonchev–Trinajstić information content (AvgIpc) is 2.47. The Hall–Kier alpha value is -1.30. The first kappa shape index (κ1) is 16.1. The minimum absolute atomic E-state index is 0.134. The van der Waals surface area contributed by atoms with Gasteiger partial charge in [0.25, 0.3) is 10.1 Å². The fourth-order valence-corrected chi connectivity index (χ4v) is 6.28. The standard InChI is InChI=1S/C16H18O3S2/c1-2-14(13-21(17,18)19)20(15-9-5-3-6-10-15)16-11-7-4-8-12-16/h3-12,14H,2,13H2,1H3/p+1. The van der Waals surface area contributed by atoms with Gasteiger partial charge >= 0.3 is 0 Å². The molecule has 0 saturated heterocycles. The first-order valence-electron chi connectivity index (χ1n) is 6.79. The summed E-state index contributed by atoms with van der Waals surface area (Å²) in [5, 5.41) is -0.134. The van der Waals surface area contributed by atoms with Gasteiger partial charge in [-0.3, -0.25) is 4.55 Å². The third-order valence-corrected chi connectivity index (χ3v) is 6.94. The molecule has 1 unspecified atom stereocenters. The van der Waals surface area contributed by atoms with Crippen LogP contribution in [0.15, 0.2) is 70.5 Å². The Morgan fingerprint density at radius 3 is 1.71 bits per heavy atom. The van der Waals surface area contributed by atoms with Gasteiger partial charge in [0, 0.05) is 0 Å². The molecule has 0 aliphatic rings. The maximum atomic E-state index is 11.3. The molecule has 5 heteroatoms. The predicted molar refractivity (Wildman–Crippen MR) is 87.3 cm³/mol. The van der Waals surface area contributed by atoms with Crippen LogP contribution in [-0.2, 0) is 21.0 Å². The molecule has 1 atom stereocenters. The summed E-state index contributed by atoms with van der Waals surface area (Å²) in [5.41, 5.74) is 0. The molecule has 0 radical (unpaired) electrons. The quantitative estimate of drug-likeness (QED) is 0.655. The Morgan fingerprint density at radius 1 is 0.952 bits per heavy atom. The van der Waals surface area contributed by atoms with Gasteiger partial charge in [0.2, 0.25) is 0 Å². The van der Waals surface area contributed by atoms with Gasteiger partial charge in [0.05, 0.1) is 10.9 Å². The van der Waals surface area contributed by atoms with Crippen molar-refractivity contribution in [1.29, 1.82) is 0 Å². The van der Waals surface area contributed by atoms with E-state index in [1.807, 2.05) is 67.6 Å². The van der Waals surface area contributed by atoms with E-state index in [0.717, 1.165) is 9.79 Å². The van der Waals surface area contributed by atoms with Gasteiger partial charge in [-0.1, -0.05) is 43.3 Å². The lowest BCUT2D eigenvalue weighted by molar-refractivity contribution is 0.481. The minimum atomic E-state index is -3.99. The SMILES string of the molecule is CCC(CS(=O)(=O)O)[S+](c1ccccc1)c1ccccc1. The van der Waals surface area contributed by atoms with Crippen molar-refractivity contribution in [2.24, 2.45) is 0 Å². The lowest BCUT2D eigenvalue weighted by atomic mass is 10.3. The van der Waals surface area contributed by atoms with E-state index in [-0.39, 0.29) is 21.9 Å². The molecule has 0 fully saturated rings. The zero-order valence-corrected chi connectivity index (χ0v) is 13.5. The summed E-state index contributed by atoms with van der Waals surface area (Å²) < 4.78 is 31.9. The molecule has 0 aliphatic heterocycles. The van der Waals surface area contributed by atoms with Crippen molar-refractivity contribution < 1.29 is 13.0 Å². The first-order chi connectivity index (χ1) is 10.0. The summed E-state index contributed by atoms with van der Waals surface area (Å²) in [6.45, 7) is 1.96. The molecule has 1 N–H and O–H groups in total. The summed E-state index contributed by atoms with van der Waals surface area (Å²) >= 11 is 0. The number of benzene rings is 2. The molecule has 3 nitrogen and oxygen atoms in total. The van der Waals surface area contributed by atoms with Crippen LogP contribution in [0.5, 0.6) is 0 Å². The number of rotatable bonds is 6. The molecule has 2 aromatic rings. The maximum Gasteiger partial charge on any atom is 0.269 e. The van der Waals surface area contributed by atoms with E-state index in [2.05, 4.69) is 0 Å². The fraction of sp³-hybridized carbons (Fsp3) is 0.250. The van der Waals surface area contributed by atoms with Crippen molar-refractivity contribution in [2.45, 2.75) is 28.4 Å². The zero-order chi connectivity index (χ0) is 15.3. The third kappa shape index (κ3) is 4.59. The van der Waals surface area contributed by atoms with Gasteiger partial charge < -0.3 is 0 Å². The van der Waals surface area contributed by atoms with Crippen molar-refractivity contribution >= 4 is 21.0 Å². The molecule has 21 heavy (non-hydrogen) atoms. The number of hydrogen-bond donors (Lipinski definition) is 1. The normalized spacial score (nSPS) is 13.3. The van der Waals surface area contributed by atoms with Gasteiger partial charge in [0.15, 0.2) is 9.79 Å². The Bertz CT molecular complexity index is 615. The van der Waals surface area contributed by atoms with Gasteiger partial charge in [-0.2, -0.15) is 8.42 Å². The lowest BCUT2D eigenvalue weighted by Crippen LogP contribution is -2.29. The summed E-state index contributed by atoms with van der Waals surface area (Å²) in [4.78, 5) is 2.19. The molecule has 0 aliphatic carbocycles. The van der Waals surface area contributed by atoms with Crippen LogP contribution in [0.3, 0.4) is 0 Å². The monoisotopic (exact) mass is 323 g/mol. The molecule has 112 valence electrons. The van der Waals surface area contributed by atoms with Crippen LogP contribution in [0.1, 0.15) is 13.3 Å². The molecular formula is C16H19O3S2+. The van der Waals surface area contributed by atoms with Crippen molar-refractivity contribution in [3.63, 3.8) is 0 Å². The van der Waals surface area contributed by atoms with Gasteiger partial charge in [-0.15, -0.1) is 0 Å². The Kier molecular flexibility index (Phi) is 5.45. The zero-order valence-electron chi connectivity index (χ0n) is 11.8. The van der Waals surface area contributed by atoms with E-state index in [1.165, 1.54) is 0 Å². The minimum Gasteiger partial charge on any atom is -0.285 e. The van der Waals surface area contributed by atoms with Crippen LogP contribution in [-0.4, -0.2) is 24.0 Å². The van der Waals surface area contributed by atoms with Gasteiger partial charge in [-0.05, 0) is 30.7 Å². The molecule has 0 spiro atoms. The van der Waals surface area contributed by atoms with E-state index < -0.39 is 10.1 Å². The highest BCUT2D eigenvalue weighted by atomic mass is 32.2. The molecule has 0 amide bonds. The van der Waals surface area contributed by atoms with E-state index in [4.69, 9.17) is 0 Å². The fourth-order valence-electron chi connectivity index (χ4n) is 2.24. The topological polar surface area (TPSA) is 54.4 Å². The van der Waals surface area contributed by atoms with Crippen LogP contribution >= 0.6 is 0 Å². The van der Waals surface area contributed by atoms with Crippen LogP contribution in [0.2, 0.25) is 0 Å². The highest BCUT2D eigenvalue weighted by Gasteiger charge is 2.37. The molecule has 0 saturated carbocycles. The summed E-state index contributed by atoms with van der Waals surface area (Å²) in [6.07, 6.45) is 0.687. The van der Waals surface area contributed by atoms with Crippen molar-refractivity contribution in [2.75, 3.05) is 5.75 Å². The second-order valence-electron chi connectivity index (χ2n) is 4.74. The van der Waals surface area contributed by atoms with E-state index in [1.54, 1.807) is 0 Å². The van der Waals surface area contributed by atoms with E-state index in [0.29, 0.717) is 6.42 Å². The van der Waals surface area contributed by atoms with E-state index in [9.17, 15) is 13.0 Å². The second-order valence-corrected chi connectivity index (χ2v) is 8.52. The first-order valence-corrected chi connectivity index (χ1v) is 9.69. The van der Waals surface area contributed by atoms with Gasteiger partial charge in [0.1, 0.15) is 11.0 Å². The molecule has 0 bridgehead atoms. The average molecular weight is 323 g/mol.